The second kappa shape index (κ2) is 9.04. The van der Waals surface area contributed by atoms with Gasteiger partial charge in [0.1, 0.15) is 12.6 Å². The predicted octanol–water partition coefficient (Wildman–Crippen LogP) is -0.535. The average Bonchev–Trinajstić information content (AvgIpc) is 2.71. The minimum atomic E-state index is -1.00. The number of benzene rings is 1. The van der Waals surface area contributed by atoms with Gasteiger partial charge in [0, 0.05) is 12.0 Å². The molecule has 1 aliphatic rings. The smallest absolute Gasteiger partial charge is 0.263 e. The molecule has 4 amide bonds. The van der Waals surface area contributed by atoms with Gasteiger partial charge in [-0.2, -0.15) is 0 Å². The van der Waals surface area contributed by atoms with Crippen LogP contribution < -0.4 is 25.0 Å². The molecule has 152 valence electrons. The molecule has 1 aromatic carbocycles. The largest absolute Gasteiger partial charge is 0.493 e. The van der Waals surface area contributed by atoms with Gasteiger partial charge < -0.3 is 19.5 Å². The fraction of sp³-hybridized carbons (Fsp3) is 0.412. The predicted molar refractivity (Wildman–Crippen MR) is 93.2 cm³/mol. The fourth-order valence-corrected chi connectivity index (χ4v) is 2.77. The van der Waals surface area contributed by atoms with E-state index in [2.05, 4.69) is 5.32 Å². The summed E-state index contributed by atoms with van der Waals surface area (Å²) in [6.45, 7) is -0.634. The van der Waals surface area contributed by atoms with Crippen molar-refractivity contribution in [2.24, 2.45) is 0 Å². The summed E-state index contributed by atoms with van der Waals surface area (Å²) >= 11 is 0. The quantitative estimate of drug-likeness (QED) is 0.317. The molecule has 0 aromatic heterocycles. The molecule has 11 nitrogen and oxygen atoms in total. The number of piperidine rings is 1. The second-order valence-electron chi connectivity index (χ2n) is 5.83. The van der Waals surface area contributed by atoms with Crippen molar-refractivity contribution in [1.82, 2.24) is 15.7 Å². The lowest BCUT2D eigenvalue weighted by molar-refractivity contribution is -0.153. The van der Waals surface area contributed by atoms with E-state index in [-0.39, 0.29) is 29.9 Å². The summed E-state index contributed by atoms with van der Waals surface area (Å²) < 4.78 is 15.6. The third kappa shape index (κ3) is 4.31. The van der Waals surface area contributed by atoms with Crippen molar-refractivity contribution >= 4 is 23.6 Å². The average molecular weight is 395 g/mol. The van der Waals surface area contributed by atoms with Crippen LogP contribution >= 0.6 is 0 Å². The number of carbonyl (C=O) groups is 4. The molecule has 1 atom stereocenters. The molecule has 1 aromatic rings. The highest BCUT2D eigenvalue weighted by Crippen LogP contribution is 2.38. The van der Waals surface area contributed by atoms with Gasteiger partial charge in [-0.25, -0.2) is 5.48 Å². The Balaban J connectivity index is 2.21. The Morgan fingerprint density at radius 3 is 2.25 bits per heavy atom. The lowest BCUT2D eigenvalue weighted by Crippen LogP contribution is -2.56. The zero-order valence-corrected chi connectivity index (χ0v) is 15.6. The first-order chi connectivity index (χ1) is 13.4. The maximum Gasteiger partial charge on any atom is 0.263 e. The summed E-state index contributed by atoms with van der Waals surface area (Å²) in [6.07, 6.45) is 0.0513. The summed E-state index contributed by atoms with van der Waals surface area (Å²) in [7, 11) is 4.23. The number of likely N-dealkylation sites (tertiary alicyclic amines) is 1. The van der Waals surface area contributed by atoms with Crippen LogP contribution in [0.2, 0.25) is 0 Å². The first-order valence-electron chi connectivity index (χ1n) is 8.24. The standard InChI is InChI=1S/C17H21N3O8/c1-26-11-6-9(7-12(27-2)15(11)28-3)16(23)18-10-4-5-14(22)20(17(10)24)8-13(21)19-25/h6-7,10,25H,4-5,8H2,1-3H3,(H,18,23)(H,19,21)/t10-/m0/s1. The number of hydroxylamine groups is 1. The van der Waals surface area contributed by atoms with Gasteiger partial charge in [0.15, 0.2) is 11.5 Å². The van der Waals surface area contributed by atoms with E-state index in [0.29, 0.717) is 10.6 Å². The molecule has 1 heterocycles. The highest BCUT2D eigenvalue weighted by Gasteiger charge is 2.36. The fourth-order valence-electron chi connectivity index (χ4n) is 2.77. The summed E-state index contributed by atoms with van der Waals surface area (Å²) in [6, 6.07) is 1.84. The Hall–Kier alpha value is -3.34. The summed E-state index contributed by atoms with van der Waals surface area (Å²) in [4.78, 5) is 48.9. The van der Waals surface area contributed by atoms with Gasteiger partial charge in [0.25, 0.3) is 17.7 Å². The molecule has 0 bridgehead atoms. The minimum absolute atomic E-state index is 0.0371. The lowest BCUT2D eigenvalue weighted by atomic mass is 10.0. The molecule has 1 saturated heterocycles. The van der Waals surface area contributed by atoms with E-state index in [4.69, 9.17) is 19.4 Å². The van der Waals surface area contributed by atoms with Crippen LogP contribution in [0.4, 0.5) is 0 Å². The molecule has 0 saturated carbocycles. The van der Waals surface area contributed by atoms with Crippen molar-refractivity contribution < 1.29 is 38.6 Å². The van der Waals surface area contributed by atoms with Gasteiger partial charge in [0.05, 0.1) is 21.3 Å². The van der Waals surface area contributed by atoms with Crippen LogP contribution in [0.3, 0.4) is 0 Å². The van der Waals surface area contributed by atoms with E-state index >= 15 is 0 Å². The molecular formula is C17H21N3O8. The van der Waals surface area contributed by atoms with Crippen molar-refractivity contribution in [1.29, 1.82) is 0 Å². The van der Waals surface area contributed by atoms with Crippen LogP contribution in [0, 0.1) is 0 Å². The summed E-state index contributed by atoms with van der Waals surface area (Å²) in [5.74, 6) is -1.98. The monoisotopic (exact) mass is 395 g/mol. The van der Waals surface area contributed by atoms with Crippen molar-refractivity contribution in [3.05, 3.63) is 17.7 Å². The SMILES string of the molecule is COc1cc(C(=O)N[C@H]2CCC(=O)N(CC(=O)NO)C2=O)cc(OC)c1OC. The zero-order chi connectivity index (χ0) is 20.8. The van der Waals surface area contributed by atoms with Gasteiger partial charge in [-0.15, -0.1) is 0 Å². The topological polar surface area (TPSA) is 144 Å². The zero-order valence-electron chi connectivity index (χ0n) is 15.6. The Bertz CT molecular complexity index is 770. The number of imide groups is 1. The summed E-state index contributed by atoms with van der Waals surface area (Å²) in [5, 5.41) is 11.1. The number of rotatable bonds is 7. The highest BCUT2D eigenvalue weighted by molar-refractivity contribution is 6.05. The number of nitrogens with one attached hydrogen (secondary N) is 2. The van der Waals surface area contributed by atoms with Crippen LogP contribution in [0.25, 0.3) is 0 Å². The molecule has 0 radical (unpaired) electrons. The van der Waals surface area contributed by atoms with Crippen LogP contribution in [-0.4, -0.2) is 67.7 Å². The van der Waals surface area contributed by atoms with E-state index in [1.165, 1.54) is 38.9 Å². The van der Waals surface area contributed by atoms with Crippen molar-refractivity contribution in [3.63, 3.8) is 0 Å². The maximum atomic E-state index is 12.6. The minimum Gasteiger partial charge on any atom is -0.493 e. The number of carbonyl (C=O) groups excluding carboxylic acids is 4. The Kier molecular flexibility index (Phi) is 6.77. The number of hydrogen-bond acceptors (Lipinski definition) is 8. The molecule has 28 heavy (non-hydrogen) atoms. The number of ether oxygens (including phenoxy) is 3. The summed E-state index contributed by atoms with van der Waals surface area (Å²) in [5.41, 5.74) is 1.51. The molecule has 11 heteroatoms. The lowest BCUT2D eigenvalue weighted by Gasteiger charge is -2.30. The van der Waals surface area contributed by atoms with Gasteiger partial charge in [-0.1, -0.05) is 0 Å². The molecular weight excluding hydrogens is 374 g/mol. The van der Waals surface area contributed by atoms with Crippen molar-refractivity contribution in [2.75, 3.05) is 27.9 Å². The second-order valence-corrected chi connectivity index (χ2v) is 5.83. The van der Waals surface area contributed by atoms with Crippen molar-refractivity contribution in [3.8, 4) is 17.2 Å². The van der Waals surface area contributed by atoms with E-state index in [9.17, 15) is 19.2 Å². The third-order valence-corrected chi connectivity index (χ3v) is 4.17. The van der Waals surface area contributed by atoms with Gasteiger partial charge >= 0.3 is 0 Å². The molecule has 0 unspecified atom stereocenters. The van der Waals surface area contributed by atoms with Gasteiger partial charge in [0.2, 0.25) is 11.7 Å². The van der Waals surface area contributed by atoms with E-state index in [0.717, 1.165) is 0 Å². The van der Waals surface area contributed by atoms with E-state index < -0.39 is 36.2 Å². The molecule has 1 fully saturated rings. The Labute approximate surface area is 160 Å². The van der Waals surface area contributed by atoms with Crippen LogP contribution in [0.15, 0.2) is 12.1 Å². The Morgan fingerprint density at radius 2 is 1.75 bits per heavy atom. The Morgan fingerprint density at radius 1 is 1.14 bits per heavy atom. The molecule has 3 N–H and O–H groups in total. The third-order valence-electron chi connectivity index (χ3n) is 4.17. The highest BCUT2D eigenvalue weighted by atomic mass is 16.5. The molecule has 1 aliphatic heterocycles. The normalized spacial score (nSPS) is 16.4. The molecule has 0 aliphatic carbocycles. The molecule has 0 spiro atoms. The first-order valence-corrected chi connectivity index (χ1v) is 8.24. The first kappa shape index (κ1) is 21.0. The number of methoxy groups -OCH3 is 3. The molecule has 2 rings (SSSR count). The van der Waals surface area contributed by atoms with Crippen LogP contribution in [-0.2, 0) is 14.4 Å². The maximum absolute atomic E-state index is 12.6. The van der Waals surface area contributed by atoms with Crippen LogP contribution in [0.5, 0.6) is 17.2 Å². The van der Waals surface area contributed by atoms with E-state index in [1.54, 1.807) is 0 Å². The van der Waals surface area contributed by atoms with E-state index in [1.807, 2.05) is 0 Å². The van der Waals surface area contributed by atoms with Crippen molar-refractivity contribution in [2.45, 2.75) is 18.9 Å². The van der Waals surface area contributed by atoms with Crippen LogP contribution in [0.1, 0.15) is 23.2 Å². The van der Waals surface area contributed by atoms with Gasteiger partial charge in [-0.3, -0.25) is 29.3 Å². The number of amides is 4. The number of nitrogens with zero attached hydrogens (tertiary/aromatic N) is 1. The van der Waals surface area contributed by atoms with Gasteiger partial charge in [-0.05, 0) is 18.6 Å². The number of hydrogen-bond donors (Lipinski definition) is 3.